The predicted molar refractivity (Wildman–Crippen MR) is 136 cm³/mol. The molecule has 0 rings (SSSR count). The zero-order valence-electron chi connectivity index (χ0n) is 24.6. The van der Waals surface area contributed by atoms with Crippen molar-refractivity contribution in [1.29, 1.82) is 0 Å². The van der Waals surface area contributed by atoms with E-state index >= 15 is 0 Å². The van der Waals surface area contributed by atoms with E-state index in [1.165, 1.54) is 0 Å². The number of rotatable bonds is 25. The van der Waals surface area contributed by atoms with Gasteiger partial charge in [-0.25, -0.2) is 26.4 Å². The molecule has 2 unspecified atom stereocenters. The number of carbonyl (C=O) groups excluding carboxylic acids is 2. The van der Waals surface area contributed by atoms with Crippen molar-refractivity contribution in [3.8, 4) is 0 Å². The molecule has 226 valence electrons. The Balaban J connectivity index is -0.00000684. The van der Waals surface area contributed by atoms with Crippen molar-refractivity contribution < 1.29 is 112 Å². The molecule has 0 N–H and O–H groups in total. The fraction of sp³-hybridized carbons (Fsp3) is 0.917. The summed E-state index contributed by atoms with van der Waals surface area (Å²) in [6.45, 7) is 3.80. The molecule has 0 heterocycles. The first-order valence-electron chi connectivity index (χ1n) is 13.5. The van der Waals surface area contributed by atoms with Crippen LogP contribution in [0, 0.1) is 0 Å². The van der Waals surface area contributed by atoms with Gasteiger partial charge in [0.25, 0.3) is 0 Å². The maximum absolute atomic E-state index is 12.4. The fourth-order valence-corrected chi connectivity index (χ4v) is 4.53. The number of esters is 2. The second-order valence-corrected chi connectivity index (χ2v) is 11.2. The van der Waals surface area contributed by atoms with Gasteiger partial charge in [-0.2, -0.15) is 0 Å². The normalized spacial score (nSPS) is 13.0. The summed E-state index contributed by atoms with van der Waals surface area (Å²) in [4.78, 5) is 24.9. The maximum Gasteiger partial charge on any atom is 1.00 e. The van der Waals surface area contributed by atoms with Crippen molar-refractivity contribution in [2.75, 3.05) is 13.2 Å². The number of ether oxygens (including phenoxy) is 2. The van der Waals surface area contributed by atoms with Crippen LogP contribution in [0.15, 0.2) is 0 Å². The summed E-state index contributed by atoms with van der Waals surface area (Å²) in [5.41, 5.74) is 0. The van der Waals surface area contributed by atoms with Crippen LogP contribution in [0.3, 0.4) is 0 Å². The summed E-state index contributed by atoms with van der Waals surface area (Å²) in [6.07, 6.45) is 9.58. The van der Waals surface area contributed by atoms with Gasteiger partial charge in [-0.05, 0) is 12.8 Å². The van der Waals surface area contributed by atoms with Crippen LogP contribution in [0.25, 0.3) is 0 Å². The third-order valence-corrected chi connectivity index (χ3v) is 6.55. The second-order valence-electron chi connectivity index (χ2n) is 9.13. The Morgan fingerprint density at radius 3 is 1.02 bits per heavy atom. The van der Waals surface area contributed by atoms with Crippen LogP contribution in [-0.2, 0) is 48.2 Å². The largest absolute Gasteiger partial charge is 1.00 e. The quantitative estimate of drug-likeness (QED) is 0.0356. The molecule has 0 saturated carbocycles. The molecule has 0 amide bonds. The molecular formula is C24H44Na2O12S2. The number of hydrogen-bond acceptors (Lipinski definition) is 12. The molecule has 12 nitrogen and oxygen atoms in total. The van der Waals surface area contributed by atoms with Crippen LogP contribution < -0.4 is 59.1 Å². The molecule has 0 aliphatic carbocycles. The zero-order valence-corrected chi connectivity index (χ0v) is 30.2. The average molecular weight is 635 g/mol. The fourth-order valence-electron chi connectivity index (χ4n) is 3.66. The number of unbranched alkanes of at least 4 members (excludes halogenated alkanes) is 14. The molecule has 0 aromatic heterocycles. The van der Waals surface area contributed by atoms with Crippen LogP contribution in [-0.4, -0.2) is 63.3 Å². The minimum atomic E-state index is -5.63. The van der Waals surface area contributed by atoms with Gasteiger partial charge in [0.2, 0.25) is 33.0 Å². The molecule has 0 spiro atoms. The molecule has 0 radical (unpaired) electrons. The third-order valence-electron chi connectivity index (χ3n) is 5.67. The summed E-state index contributed by atoms with van der Waals surface area (Å²) in [5, 5.41) is 0. The van der Waals surface area contributed by atoms with Crippen LogP contribution in [0.2, 0.25) is 0 Å². The summed E-state index contributed by atoms with van der Waals surface area (Å²) in [7, 11) is -11.3. The van der Waals surface area contributed by atoms with Crippen molar-refractivity contribution in [3.63, 3.8) is 0 Å². The van der Waals surface area contributed by atoms with E-state index in [0.717, 1.165) is 77.0 Å². The van der Waals surface area contributed by atoms with Gasteiger partial charge in [0, 0.05) is 0 Å². The smallest absolute Gasteiger partial charge is 0.725 e. The maximum atomic E-state index is 12.4. The van der Waals surface area contributed by atoms with E-state index in [9.17, 15) is 35.5 Å². The monoisotopic (exact) mass is 634 g/mol. The van der Waals surface area contributed by atoms with E-state index in [2.05, 4.69) is 22.2 Å². The second kappa shape index (κ2) is 27.2. The van der Waals surface area contributed by atoms with Crippen LogP contribution in [0.1, 0.15) is 117 Å². The summed E-state index contributed by atoms with van der Waals surface area (Å²) in [5.74, 6) is -3.10. The summed E-state index contributed by atoms with van der Waals surface area (Å²) in [6, 6.07) is 0. The summed E-state index contributed by atoms with van der Waals surface area (Å²) >= 11 is 0. The molecule has 0 fully saturated rings. The standard InChI is InChI=1S/C24H46O12S2.2Na/c1-3-5-7-9-11-13-15-17-19-33-23(25)21(35-37(27,28)29)22(36-38(30,31)32)24(26)34-20-18-16-14-12-10-8-6-4-2;;/h21-22H,3-20H2,1-2H3,(H,27,28,29)(H,30,31,32);;/q;2*+1/p-2. The molecule has 2 atom stereocenters. The molecule has 0 aliphatic heterocycles. The minimum absolute atomic E-state index is 0. The van der Waals surface area contributed by atoms with Crippen LogP contribution in [0.5, 0.6) is 0 Å². The molecule has 16 heteroatoms. The van der Waals surface area contributed by atoms with E-state index in [4.69, 9.17) is 9.47 Å². The topological polar surface area (TPSA) is 185 Å². The average Bonchev–Trinajstić information content (AvgIpc) is 2.82. The Morgan fingerprint density at radius 1 is 0.525 bits per heavy atom. The third kappa shape index (κ3) is 27.5. The summed E-state index contributed by atoms with van der Waals surface area (Å²) < 4.78 is 84.9. The first-order valence-corrected chi connectivity index (χ1v) is 16.2. The van der Waals surface area contributed by atoms with Gasteiger partial charge < -0.3 is 18.6 Å². The molecule has 0 bridgehead atoms. The SMILES string of the molecule is CCCCCCCCCCOC(=O)C(OS(=O)(=O)[O-])C(OS(=O)(=O)[O-])C(=O)OCCCCCCCCCC.[Na+].[Na+]. The predicted octanol–water partition coefficient (Wildman–Crippen LogP) is -1.95. The van der Waals surface area contributed by atoms with Crippen molar-refractivity contribution >= 4 is 32.7 Å². The van der Waals surface area contributed by atoms with Gasteiger partial charge in [-0.3, -0.25) is 8.37 Å². The zero-order chi connectivity index (χ0) is 28.9. The first kappa shape index (κ1) is 45.1. The Hall–Kier alpha value is 0.680. The molecule has 0 aromatic rings. The van der Waals surface area contributed by atoms with Crippen LogP contribution >= 0.6 is 0 Å². The number of carbonyl (C=O) groups is 2. The molecular weight excluding hydrogens is 590 g/mol. The van der Waals surface area contributed by atoms with Crippen molar-refractivity contribution in [2.45, 2.75) is 129 Å². The van der Waals surface area contributed by atoms with Crippen molar-refractivity contribution in [1.82, 2.24) is 0 Å². The minimum Gasteiger partial charge on any atom is -0.725 e. The molecule has 0 aliphatic rings. The van der Waals surface area contributed by atoms with E-state index in [-0.39, 0.29) is 72.3 Å². The van der Waals surface area contributed by atoms with E-state index < -0.39 is 44.9 Å². The number of hydrogen-bond donors (Lipinski definition) is 0. The van der Waals surface area contributed by atoms with E-state index in [1.54, 1.807) is 0 Å². The van der Waals surface area contributed by atoms with Gasteiger partial charge in [0.05, 0.1) is 13.2 Å². The first-order chi connectivity index (χ1) is 17.9. The Labute approximate surface area is 284 Å². The van der Waals surface area contributed by atoms with Gasteiger partial charge >= 0.3 is 71.1 Å². The van der Waals surface area contributed by atoms with Gasteiger partial charge in [-0.15, -0.1) is 0 Å². The van der Waals surface area contributed by atoms with Gasteiger partial charge in [0.15, 0.2) is 0 Å². The Bertz CT molecular complexity index is 784. The molecule has 0 aromatic carbocycles. The van der Waals surface area contributed by atoms with Gasteiger partial charge in [-0.1, -0.05) is 104 Å². The molecule has 40 heavy (non-hydrogen) atoms. The Morgan fingerprint density at radius 2 is 0.775 bits per heavy atom. The molecule has 0 saturated heterocycles. The Kier molecular flexibility index (Phi) is 30.7. The van der Waals surface area contributed by atoms with Crippen LogP contribution in [0.4, 0.5) is 0 Å². The van der Waals surface area contributed by atoms with E-state index in [1.807, 2.05) is 0 Å². The van der Waals surface area contributed by atoms with Crippen molar-refractivity contribution in [2.24, 2.45) is 0 Å². The van der Waals surface area contributed by atoms with Gasteiger partial charge in [0.1, 0.15) is 0 Å². The van der Waals surface area contributed by atoms with E-state index in [0.29, 0.717) is 25.7 Å². The van der Waals surface area contributed by atoms with Crippen molar-refractivity contribution in [3.05, 3.63) is 0 Å².